The predicted octanol–water partition coefficient (Wildman–Crippen LogP) is 3.25. The fourth-order valence-electron chi connectivity index (χ4n) is 1.15. The lowest BCUT2D eigenvalue weighted by Gasteiger charge is -1.93. The van der Waals surface area contributed by atoms with Crippen LogP contribution in [-0.2, 0) is 0 Å². The first kappa shape index (κ1) is 11.7. The lowest BCUT2D eigenvalue weighted by Crippen LogP contribution is -1.96. The largest absolute Gasteiger partial charge is 0.330 e. The molecule has 1 heteroatoms. The maximum Gasteiger partial charge on any atom is -0.00772 e. The molecule has 0 amide bonds. The molecule has 0 aromatic heterocycles. The molecule has 0 aromatic carbocycles. The van der Waals surface area contributed by atoms with Crippen molar-refractivity contribution in [2.75, 3.05) is 6.54 Å². The fraction of sp³-hybridized carbons (Fsp3) is 0.818. The molecule has 0 aliphatic carbocycles. The van der Waals surface area contributed by atoms with E-state index in [0.717, 1.165) is 6.54 Å². The van der Waals surface area contributed by atoms with Crippen LogP contribution in [0.4, 0.5) is 0 Å². The van der Waals surface area contributed by atoms with Gasteiger partial charge in [-0.2, -0.15) is 0 Å². The third kappa shape index (κ3) is 9.70. The summed E-state index contributed by atoms with van der Waals surface area (Å²) in [5.74, 6) is 0. The molecule has 0 atom stereocenters. The Morgan fingerprint density at radius 3 is 2.00 bits per heavy atom. The maximum absolute atomic E-state index is 5.38. The summed E-state index contributed by atoms with van der Waals surface area (Å²) >= 11 is 0. The van der Waals surface area contributed by atoms with Gasteiger partial charge in [-0.25, -0.2) is 0 Å². The minimum atomic E-state index is 0.837. The van der Waals surface area contributed by atoms with Crippen LogP contribution in [0.2, 0.25) is 0 Å². The second-order valence-electron chi connectivity index (χ2n) is 3.25. The highest BCUT2D eigenvalue weighted by Gasteiger charge is 1.83. The summed E-state index contributed by atoms with van der Waals surface area (Å²) in [6.45, 7) is 3.08. The summed E-state index contributed by atoms with van der Waals surface area (Å²) in [5.41, 5.74) is 5.38. The normalized spacial score (nSPS) is 11.2. The molecule has 0 spiro atoms. The summed E-state index contributed by atoms with van der Waals surface area (Å²) < 4.78 is 0. The van der Waals surface area contributed by atoms with Crippen LogP contribution in [0.5, 0.6) is 0 Å². The van der Waals surface area contributed by atoms with Gasteiger partial charge in [0.1, 0.15) is 0 Å². The SMILES string of the molecule is CCCCC/C=C/CCCCN. The Morgan fingerprint density at radius 1 is 0.917 bits per heavy atom. The molecule has 0 unspecified atom stereocenters. The molecule has 0 aliphatic heterocycles. The molecular formula is C11H23N. The van der Waals surface area contributed by atoms with Crippen LogP contribution < -0.4 is 5.73 Å². The van der Waals surface area contributed by atoms with Crippen molar-refractivity contribution >= 4 is 0 Å². The van der Waals surface area contributed by atoms with Gasteiger partial charge < -0.3 is 5.73 Å². The highest BCUT2D eigenvalue weighted by molar-refractivity contribution is 4.81. The second-order valence-corrected chi connectivity index (χ2v) is 3.25. The molecule has 0 radical (unpaired) electrons. The van der Waals surface area contributed by atoms with Gasteiger partial charge >= 0.3 is 0 Å². The monoisotopic (exact) mass is 169 g/mol. The first-order valence-electron chi connectivity index (χ1n) is 5.27. The highest BCUT2D eigenvalue weighted by Crippen LogP contribution is 2.01. The molecule has 0 saturated heterocycles. The van der Waals surface area contributed by atoms with Gasteiger partial charge in [-0.15, -0.1) is 0 Å². The van der Waals surface area contributed by atoms with Crippen LogP contribution in [0.3, 0.4) is 0 Å². The molecule has 72 valence electrons. The van der Waals surface area contributed by atoms with Gasteiger partial charge in [0.15, 0.2) is 0 Å². The number of rotatable bonds is 8. The first-order chi connectivity index (χ1) is 5.91. The predicted molar refractivity (Wildman–Crippen MR) is 56.2 cm³/mol. The van der Waals surface area contributed by atoms with E-state index >= 15 is 0 Å². The summed E-state index contributed by atoms with van der Waals surface area (Å²) in [7, 11) is 0. The van der Waals surface area contributed by atoms with E-state index in [1.807, 2.05) is 0 Å². The molecule has 1 nitrogen and oxygen atoms in total. The van der Waals surface area contributed by atoms with Crippen LogP contribution in [0.1, 0.15) is 51.9 Å². The first-order valence-corrected chi connectivity index (χ1v) is 5.27. The molecule has 0 heterocycles. The van der Waals surface area contributed by atoms with E-state index in [9.17, 15) is 0 Å². The number of hydrogen-bond acceptors (Lipinski definition) is 1. The third-order valence-electron chi connectivity index (χ3n) is 1.97. The van der Waals surface area contributed by atoms with E-state index in [-0.39, 0.29) is 0 Å². The zero-order valence-electron chi connectivity index (χ0n) is 8.39. The van der Waals surface area contributed by atoms with Crippen molar-refractivity contribution in [1.82, 2.24) is 0 Å². The van der Waals surface area contributed by atoms with E-state index < -0.39 is 0 Å². The zero-order valence-corrected chi connectivity index (χ0v) is 8.39. The van der Waals surface area contributed by atoms with E-state index in [4.69, 9.17) is 5.73 Å². The molecule has 0 saturated carbocycles. The lowest BCUT2D eigenvalue weighted by molar-refractivity contribution is 0.723. The number of unbranched alkanes of at least 4 members (excludes halogenated alkanes) is 5. The van der Waals surface area contributed by atoms with Crippen molar-refractivity contribution in [1.29, 1.82) is 0 Å². The van der Waals surface area contributed by atoms with Gasteiger partial charge in [-0.3, -0.25) is 0 Å². The van der Waals surface area contributed by atoms with Crippen LogP contribution >= 0.6 is 0 Å². The Morgan fingerprint density at radius 2 is 1.50 bits per heavy atom. The lowest BCUT2D eigenvalue weighted by atomic mass is 10.1. The minimum Gasteiger partial charge on any atom is -0.330 e. The second kappa shape index (κ2) is 10.7. The molecule has 0 fully saturated rings. The number of nitrogens with two attached hydrogens (primary N) is 1. The topological polar surface area (TPSA) is 26.0 Å². The van der Waals surface area contributed by atoms with E-state index in [0.29, 0.717) is 0 Å². The van der Waals surface area contributed by atoms with Gasteiger partial charge in [-0.05, 0) is 38.6 Å². The van der Waals surface area contributed by atoms with Crippen LogP contribution in [0.15, 0.2) is 12.2 Å². The average Bonchev–Trinajstić information content (AvgIpc) is 2.10. The van der Waals surface area contributed by atoms with Gasteiger partial charge in [0.25, 0.3) is 0 Å². The Balaban J connectivity index is 2.93. The Kier molecular flexibility index (Phi) is 10.4. The van der Waals surface area contributed by atoms with Gasteiger partial charge in [-0.1, -0.05) is 31.9 Å². The molecule has 0 aliphatic rings. The van der Waals surface area contributed by atoms with Crippen molar-refractivity contribution in [2.24, 2.45) is 5.73 Å². The van der Waals surface area contributed by atoms with Crippen molar-refractivity contribution < 1.29 is 0 Å². The standard InChI is InChI=1S/C11H23N/c1-2-3-4-5-6-7-8-9-10-11-12/h6-7H,2-5,8-12H2,1H3/b7-6+. The van der Waals surface area contributed by atoms with Crippen LogP contribution in [0.25, 0.3) is 0 Å². The molecule has 2 N–H and O–H groups in total. The Labute approximate surface area is 77.0 Å². The quantitative estimate of drug-likeness (QED) is 0.438. The highest BCUT2D eigenvalue weighted by atomic mass is 14.5. The fourth-order valence-corrected chi connectivity index (χ4v) is 1.15. The molecule has 0 rings (SSSR count). The van der Waals surface area contributed by atoms with E-state index in [1.54, 1.807) is 0 Å². The zero-order chi connectivity index (χ0) is 9.07. The Bertz CT molecular complexity index is 85.2. The summed E-state index contributed by atoms with van der Waals surface area (Å²) in [5, 5.41) is 0. The molecule has 0 bridgehead atoms. The van der Waals surface area contributed by atoms with E-state index in [2.05, 4.69) is 19.1 Å². The van der Waals surface area contributed by atoms with Crippen LogP contribution in [-0.4, -0.2) is 6.54 Å². The minimum absolute atomic E-state index is 0.837. The van der Waals surface area contributed by atoms with Crippen molar-refractivity contribution in [3.63, 3.8) is 0 Å². The Hall–Kier alpha value is -0.300. The van der Waals surface area contributed by atoms with Crippen molar-refractivity contribution in [3.05, 3.63) is 12.2 Å². The van der Waals surface area contributed by atoms with Crippen LogP contribution in [0, 0.1) is 0 Å². The van der Waals surface area contributed by atoms with Gasteiger partial charge in [0.2, 0.25) is 0 Å². The smallest absolute Gasteiger partial charge is 0.00772 e. The summed E-state index contributed by atoms with van der Waals surface area (Å²) in [4.78, 5) is 0. The molecular weight excluding hydrogens is 146 g/mol. The van der Waals surface area contributed by atoms with Gasteiger partial charge in [0, 0.05) is 0 Å². The number of hydrogen-bond donors (Lipinski definition) is 1. The average molecular weight is 169 g/mol. The maximum atomic E-state index is 5.38. The molecule has 12 heavy (non-hydrogen) atoms. The number of allylic oxidation sites excluding steroid dienone is 2. The molecule has 0 aromatic rings. The van der Waals surface area contributed by atoms with Crippen molar-refractivity contribution in [2.45, 2.75) is 51.9 Å². The van der Waals surface area contributed by atoms with Gasteiger partial charge in [0.05, 0.1) is 0 Å². The summed E-state index contributed by atoms with van der Waals surface area (Å²) in [6.07, 6.45) is 13.5. The van der Waals surface area contributed by atoms with E-state index in [1.165, 1.54) is 44.9 Å². The van der Waals surface area contributed by atoms with Crippen molar-refractivity contribution in [3.8, 4) is 0 Å². The summed E-state index contributed by atoms with van der Waals surface area (Å²) in [6, 6.07) is 0. The third-order valence-corrected chi connectivity index (χ3v) is 1.97.